The number of nitrogens with zero attached hydrogens (tertiary/aromatic N) is 4. The summed E-state index contributed by atoms with van der Waals surface area (Å²) < 4.78 is 18.3. The van der Waals surface area contributed by atoms with Crippen LogP contribution < -0.4 is 20.1 Å². The van der Waals surface area contributed by atoms with Gasteiger partial charge in [0.1, 0.15) is 0 Å². The summed E-state index contributed by atoms with van der Waals surface area (Å²) >= 11 is 0. The number of hydrogen-bond donors (Lipinski definition) is 2. The highest BCUT2D eigenvalue weighted by Crippen LogP contribution is 2.32. The van der Waals surface area contributed by atoms with Gasteiger partial charge in [-0.3, -0.25) is 14.6 Å². The first kappa shape index (κ1) is 25.2. The number of benzene rings is 1. The van der Waals surface area contributed by atoms with E-state index in [0.29, 0.717) is 13.1 Å². The summed E-state index contributed by atoms with van der Waals surface area (Å²) in [4.78, 5) is 6.78. The highest BCUT2D eigenvalue weighted by atomic mass is 127. The van der Waals surface area contributed by atoms with E-state index in [1.54, 1.807) is 25.9 Å². The van der Waals surface area contributed by atoms with Crippen LogP contribution in [0.15, 0.2) is 35.6 Å². The standard InChI is InChI=1S/C21H32N6O3.HI/c1-22-21(23-12-16-13-25-26(2)15-16)24-14-18(27-7-9-30-10-8-27)17-5-6-19(28-3)20(11-17)29-4;/h5-6,11,13,15,18H,7-10,12,14H2,1-4H3,(H2,22,23,24);1H. The van der Waals surface area contributed by atoms with E-state index in [2.05, 4.69) is 31.7 Å². The second-order valence-electron chi connectivity index (χ2n) is 7.11. The summed E-state index contributed by atoms with van der Waals surface area (Å²) in [7, 11) is 7.00. The molecule has 1 aromatic heterocycles. The summed E-state index contributed by atoms with van der Waals surface area (Å²) in [5.74, 6) is 2.20. The molecule has 1 aromatic carbocycles. The molecule has 0 spiro atoms. The quantitative estimate of drug-likeness (QED) is 0.298. The number of hydrogen-bond acceptors (Lipinski definition) is 6. The van der Waals surface area contributed by atoms with Crippen LogP contribution in [0.5, 0.6) is 11.5 Å². The van der Waals surface area contributed by atoms with E-state index >= 15 is 0 Å². The molecule has 0 aliphatic carbocycles. The van der Waals surface area contributed by atoms with E-state index in [-0.39, 0.29) is 30.0 Å². The van der Waals surface area contributed by atoms with Gasteiger partial charge in [-0.1, -0.05) is 6.07 Å². The van der Waals surface area contributed by atoms with Crippen molar-refractivity contribution in [1.82, 2.24) is 25.3 Å². The number of morpholine rings is 1. The zero-order chi connectivity index (χ0) is 21.3. The van der Waals surface area contributed by atoms with E-state index in [0.717, 1.165) is 54.9 Å². The van der Waals surface area contributed by atoms with Gasteiger partial charge >= 0.3 is 0 Å². The van der Waals surface area contributed by atoms with Gasteiger partial charge in [0, 0.05) is 52.0 Å². The third kappa shape index (κ3) is 6.97. The minimum Gasteiger partial charge on any atom is -0.493 e. The Morgan fingerprint density at radius 1 is 1.19 bits per heavy atom. The molecule has 2 heterocycles. The summed E-state index contributed by atoms with van der Waals surface area (Å²) in [6, 6.07) is 6.24. The molecule has 0 radical (unpaired) electrons. The second-order valence-corrected chi connectivity index (χ2v) is 7.11. The first-order valence-electron chi connectivity index (χ1n) is 10.1. The third-order valence-electron chi connectivity index (χ3n) is 5.18. The number of halogens is 1. The molecule has 1 aliphatic heterocycles. The fourth-order valence-corrected chi connectivity index (χ4v) is 3.57. The first-order chi connectivity index (χ1) is 14.6. The average molecular weight is 544 g/mol. The summed E-state index contributed by atoms with van der Waals surface area (Å²) in [5.41, 5.74) is 2.26. The van der Waals surface area contributed by atoms with E-state index in [9.17, 15) is 0 Å². The number of rotatable bonds is 8. The lowest BCUT2D eigenvalue weighted by molar-refractivity contribution is 0.0169. The van der Waals surface area contributed by atoms with Gasteiger partial charge in [-0.25, -0.2) is 0 Å². The van der Waals surface area contributed by atoms with Gasteiger partial charge in [0.2, 0.25) is 0 Å². The van der Waals surface area contributed by atoms with E-state index < -0.39 is 0 Å². The maximum atomic E-state index is 5.55. The highest BCUT2D eigenvalue weighted by molar-refractivity contribution is 14.0. The highest BCUT2D eigenvalue weighted by Gasteiger charge is 2.24. The van der Waals surface area contributed by atoms with Gasteiger partial charge in [-0.05, 0) is 17.7 Å². The Morgan fingerprint density at radius 2 is 1.94 bits per heavy atom. The van der Waals surface area contributed by atoms with Crippen molar-refractivity contribution in [2.45, 2.75) is 12.6 Å². The predicted octanol–water partition coefficient (Wildman–Crippen LogP) is 1.79. The van der Waals surface area contributed by atoms with E-state index in [1.165, 1.54) is 0 Å². The van der Waals surface area contributed by atoms with Crippen LogP contribution in [0.1, 0.15) is 17.2 Å². The Balaban J connectivity index is 0.00000341. The van der Waals surface area contributed by atoms with Crippen molar-refractivity contribution in [2.24, 2.45) is 12.0 Å². The van der Waals surface area contributed by atoms with Crippen LogP contribution in [0.3, 0.4) is 0 Å². The third-order valence-corrected chi connectivity index (χ3v) is 5.18. The van der Waals surface area contributed by atoms with Crippen LogP contribution in [0.2, 0.25) is 0 Å². The van der Waals surface area contributed by atoms with Gasteiger partial charge in [0.25, 0.3) is 0 Å². The molecule has 172 valence electrons. The minimum absolute atomic E-state index is 0. The van der Waals surface area contributed by atoms with Crippen molar-refractivity contribution in [1.29, 1.82) is 0 Å². The monoisotopic (exact) mass is 544 g/mol. The maximum Gasteiger partial charge on any atom is 0.191 e. The molecule has 1 aliphatic rings. The van der Waals surface area contributed by atoms with Crippen molar-refractivity contribution >= 4 is 29.9 Å². The lowest BCUT2D eigenvalue weighted by Gasteiger charge is -2.35. The lowest BCUT2D eigenvalue weighted by atomic mass is 10.0. The van der Waals surface area contributed by atoms with Crippen LogP contribution in [0, 0.1) is 0 Å². The SMILES string of the molecule is CN=C(NCc1cnn(C)c1)NCC(c1ccc(OC)c(OC)c1)N1CCOCC1.I. The van der Waals surface area contributed by atoms with Crippen LogP contribution in [0.25, 0.3) is 0 Å². The predicted molar refractivity (Wildman–Crippen MR) is 132 cm³/mol. The number of nitrogens with one attached hydrogen (secondary N) is 2. The van der Waals surface area contributed by atoms with Crippen LogP contribution >= 0.6 is 24.0 Å². The number of methoxy groups -OCH3 is 2. The number of guanidine groups is 1. The average Bonchev–Trinajstić information content (AvgIpc) is 3.21. The zero-order valence-electron chi connectivity index (χ0n) is 18.6. The Hall–Kier alpha value is -2.05. The fourth-order valence-electron chi connectivity index (χ4n) is 3.57. The molecule has 3 rings (SSSR count). The number of ether oxygens (including phenoxy) is 3. The van der Waals surface area contributed by atoms with Crippen molar-refractivity contribution in [3.05, 3.63) is 41.7 Å². The van der Waals surface area contributed by atoms with Gasteiger partial charge in [-0.15, -0.1) is 24.0 Å². The molecule has 10 heteroatoms. The largest absolute Gasteiger partial charge is 0.493 e. The Morgan fingerprint density at radius 3 is 2.55 bits per heavy atom. The minimum atomic E-state index is 0. The van der Waals surface area contributed by atoms with Crippen LogP contribution in [-0.2, 0) is 18.3 Å². The molecule has 1 unspecified atom stereocenters. The summed E-state index contributed by atoms with van der Waals surface area (Å²) in [6.45, 7) is 4.58. The number of aliphatic imine (C=N–C) groups is 1. The smallest absolute Gasteiger partial charge is 0.191 e. The molecule has 1 saturated heterocycles. The summed E-state index contributed by atoms with van der Waals surface area (Å²) in [6.07, 6.45) is 3.83. The van der Waals surface area contributed by atoms with Crippen molar-refractivity contribution in [2.75, 3.05) is 54.1 Å². The van der Waals surface area contributed by atoms with Gasteiger partial charge in [-0.2, -0.15) is 5.10 Å². The van der Waals surface area contributed by atoms with Crippen molar-refractivity contribution < 1.29 is 14.2 Å². The molecule has 1 fully saturated rings. The molecule has 2 aromatic rings. The first-order valence-corrected chi connectivity index (χ1v) is 10.1. The number of aromatic nitrogens is 2. The van der Waals surface area contributed by atoms with Gasteiger partial charge < -0.3 is 24.8 Å². The zero-order valence-corrected chi connectivity index (χ0v) is 21.0. The molecule has 0 saturated carbocycles. The van der Waals surface area contributed by atoms with Gasteiger partial charge in [0.05, 0.1) is 39.7 Å². The Kier molecular flexibility index (Phi) is 10.3. The molecule has 1 atom stereocenters. The molecular formula is C21H33IN6O3. The normalized spacial score (nSPS) is 15.7. The lowest BCUT2D eigenvalue weighted by Crippen LogP contribution is -2.46. The molecule has 0 bridgehead atoms. The Labute approximate surface area is 201 Å². The molecule has 9 nitrogen and oxygen atoms in total. The summed E-state index contributed by atoms with van der Waals surface area (Å²) in [5, 5.41) is 11.0. The van der Waals surface area contributed by atoms with Gasteiger partial charge in [0.15, 0.2) is 17.5 Å². The topological polar surface area (TPSA) is 85.2 Å². The van der Waals surface area contributed by atoms with Crippen LogP contribution in [0.4, 0.5) is 0 Å². The number of aryl methyl sites for hydroxylation is 1. The second kappa shape index (κ2) is 12.7. The van der Waals surface area contributed by atoms with E-state index in [4.69, 9.17) is 14.2 Å². The molecule has 0 amide bonds. The van der Waals surface area contributed by atoms with E-state index in [1.807, 2.05) is 31.6 Å². The maximum absolute atomic E-state index is 5.55. The molecule has 2 N–H and O–H groups in total. The fraction of sp³-hybridized carbons (Fsp3) is 0.524. The molecular weight excluding hydrogens is 511 g/mol. The van der Waals surface area contributed by atoms with Crippen molar-refractivity contribution in [3.63, 3.8) is 0 Å². The Bertz CT molecular complexity index is 838. The van der Waals surface area contributed by atoms with Crippen molar-refractivity contribution in [3.8, 4) is 11.5 Å². The molecule has 31 heavy (non-hydrogen) atoms. The van der Waals surface area contributed by atoms with Crippen LogP contribution in [-0.4, -0.2) is 74.8 Å².